The van der Waals surface area contributed by atoms with Crippen molar-refractivity contribution in [3.63, 3.8) is 0 Å². The largest absolute Gasteiger partial charge is 0.493 e. The van der Waals surface area contributed by atoms with Gasteiger partial charge in [0.1, 0.15) is 5.69 Å². The highest BCUT2D eigenvalue weighted by Gasteiger charge is 2.27. The average Bonchev–Trinajstić information content (AvgIpc) is 2.96. The van der Waals surface area contributed by atoms with E-state index in [0.29, 0.717) is 56.3 Å². The smallest absolute Gasteiger partial charge is 0.355 e. The summed E-state index contributed by atoms with van der Waals surface area (Å²) in [5, 5.41) is 0.745. The third-order valence-electron chi connectivity index (χ3n) is 6.15. The zero-order valence-electron chi connectivity index (χ0n) is 22.0. The quantitative estimate of drug-likeness (QED) is 0.303. The van der Waals surface area contributed by atoms with E-state index in [9.17, 15) is 9.59 Å². The molecule has 0 spiro atoms. The minimum absolute atomic E-state index is 0.0197. The number of esters is 1. The molecule has 0 unspecified atom stereocenters. The van der Waals surface area contributed by atoms with Crippen LogP contribution in [0.5, 0.6) is 28.7 Å². The SMILES string of the molecule is COC(=O)c1c(-c2cc(OC)c(OC)c(OC)c2)c2cc(OC)c(OC)cc2c(=O)n1Cc1ccccn1. The fraction of sp³-hybridized carbons (Fsp3) is 0.250. The summed E-state index contributed by atoms with van der Waals surface area (Å²) in [5.41, 5.74) is 1.10. The third-order valence-corrected chi connectivity index (χ3v) is 6.15. The van der Waals surface area contributed by atoms with E-state index in [2.05, 4.69) is 4.98 Å². The Morgan fingerprint density at radius 2 is 1.39 bits per heavy atom. The van der Waals surface area contributed by atoms with Gasteiger partial charge >= 0.3 is 5.97 Å². The Balaban J connectivity index is 2.22. The van der Waals surface area contributed by atoms with E-state index in [0.717, 1.165) is 0 Å². The molecular weight excluding hydrogens is 492 g/mol. The maximum atomic E-state index is 13.9. The van der Waals surface area contributed by atoms with Crippen LogP contribution in [0.25, 0.3) is 21.9 Å². The van der Waals surface area contributed by atoms with Crippen LogP contribution in [0.3, 0.4) is 0 Å². The summed E-state index contributed by atoms with van der Waals surface area (Å²) in [6.07, 6.45) is 1.62. The van der Waals surface area contributed by atoms with Crippen LogP contribution < -0.4 is 29.2 Å². The first-order valence-electron chi connectivity index (χ1n) is 11.5. The monoisotopic (exact) mass is 520 g/mol. The first-order valence-corrected chi connectivity index (χ1v) is 11.5. The molecule has 0 saturated carbocycles. The maximum Gasteiger partial charge on any atom is 0.355 e. The highest BCUT2D eigenvalue weighted by molar-refractivity contribution is 6.08. The van der Waals surface area contributed by atoms with Gasteiger partial charge in [-0.25, -0.2) is 4.79 Å². The first-order chi connectivity index (χ1) is 18.4. The van der Waals surface area contributed by atoms with E-state index < -0.39 is 11.5 Å². The number of ether oxygens (including phenoxy) is 6. The Labute approximate surface area is 219 Å². The summed E-state index contributed by atoms with van der Waals surface area (Å²) in [6.45, 7) is 0.0197. The number of hydrogen-bond donors (Lipinski definition) is 0. The van der Waals surface area contributed by atoms with Gasteiger partial charge in [-0.3, -0.25) is 14.3 Å². The predicted octanol–water partition coefficient (Wildman–Crippen LogP) is 3.94. The molecule has 10 nitrogen and oxygen atoms in total. The van der Waals surface area contributed by atoms with E-state index in [1.165, 1.54) is 47.2 Å². The number of pyridine rings is 2. The van der Waals surface area contributed by atoms with Gasteiger partial charge in [0.2, 0.25) is 5.75 Å². The molecule has 0 saturated heterocycles. The predicted molar refractivity (Wildman–Crippen MR) is 141 cm³/mol. The number of carbonyl (C=O) groups is 1. The maximum absolute atomic E-state index is 13.9. The van der Waals surface area contributed by atoms with Crippen LogP contribution in [0.4, 0.5) is 0 Å². The number of nitrogens with zero attached hydrogens (tertiary/aromatic N) is 2. The molecule has 0 radical (unpaired) electrons. The minimum atomic E-state index is -0.710. The van der Waals surface area contributed by atoms with E-state index in [1.807, 2.05) is 0 Å². The van der Waals surface area contributed by atoms with Crippen LogP contribution in [-0.4, -0.2) is 58.2 Å². The molecule has 0 aliphatic heterocycles. The van der Waals surface area contributed by atoms with Crippen LogP contribution in [0.2, 0.25) is 0 Å². The summed E-state index contributed by atoms with van der Waals surface area (Å²) >= 11 is 0. The van der Waals surface area contributed by atoms with Crippen molar-refractivity contribution in [2.45, 2.75) is 6.54 Å². The average molecular weight is 521 g/mol. The number of aromatic nitrogens is 2. The zero-order valence-corrected chi connectivity index (χ0v) is 22.0. The van der Waals surface area contributed by atoms with Crippen LogP contribution in [0.1, 0.15) is 16.2 Å². The van der Waals surface area contributed by atoms with Crippen molar-refractivity contribution < 1.29 is 33.2 Å². The topological polar surface area (TPSA) is 107 Å². The fourth-order valence-electron chi connectivity index (χ4n) is 4.40. The third kappa shape index (κ3) is 4.56. The van der Waals surface area contributed by atoms with E-state index >= 15 is 0 Å². The minimum Gasteiger partial charge on any atom is -0.493 e. The molecule has 0 atom stereocenters. The number of fused-ring (bicyclic) bond motifs is 1. The molecule has 0 bridgehead atoms. The molecule has 4 aromatic rings. The van der Waals surface area contributed by atoms with Crippen molar-refractivity contribution in [2.24, 2.45) is 0 Å². The summed E-state index contributed by atoms with van der Waals surface area (Å²) in [7, 11) is 8.73. The number of carbonyl (C=O) groups excluding carboxylic acids is 1. The molecule has 0 aliphatic carbocycles. The lowest BCUT2D eigenvalue weighted by molar-refractivity contribution is 0.0588. The molecule has 198 valence electrons. The molecule has 0 aliphatic rings. The number of rotatable bonds is 9. The Bertz CT molecular complexity index is 1520. The van der Waals surface area contributed by atoms with Crippen LogP contribution in [0, 0.1) is 0 Å². The lowest BCUT2D eigenvalue weighted by Crippen LogP contribution is -2.29. The van der Waals surface area contributed by atoms with Gasteiger partial charge in [-0.1, -0.05) is 6.07 Å². The van der Waals surface area contributed by atoms with Crippen molar-refractivity contribution in [1.29, 1.82) is 0 Å². The van der Waals surface area contributed by atoms with Gasteiger partial charge in [0.25, 0.3) is 5.56 Å². The second kappa shape index (κ2) is 11.1. The van der Waals surface area contributed by atoms with Gasteiger partial charge in [-0.05, 0) is 42.0 Å². The molecular formula is C28H28N2O8. The Morgan fingerprint density at radius 1 is 0.789 bits per heavy atom. The van der Waals surface area contributed by atoms with Crippen molar-refractivity contribution in [2.75, 3.05) is 42.7 Å². The second-order valence-corrected chi connectivity index (χ2v) is 8.09. The molecule has 38 heavy (non-hydrogen) atoms. The van der Waals surface area contributed by atoms with E-state index in [4.69, 9.17) is 28.4 Å². The van der Waals surface area contributed by atoms with E-state index in [-0.39, 0.29) is 12.2 Å². The molecule has 2 heterocycles. The molecule has 10 heteroatoms. The number of hydrogen-bond acceptors (Lipinski definition) is 9. The highest BCUT2D eigenvalue weighted by Crippen LogP contribution is 2.44. The number of benzene rings is 2. The standard InChI is InChI=1S/C28H28N2O8/c1-33-20-13-18-19(14-21(20)34-2)27(31)30(15-17-9-7-8-10-29-17)25(28(32)38-6)24(18)16-11-22(35-3)26(37-5)23(12-16)36-4/h7-14H,15H2,1-6H3. The highest BCUT2D eigenvalue weighted by atomic mass is 16.5. The second-order valence-electron chi connectivity index (χ2n) is 8.09. The van der Waals surface area contributed by atoms with Crippen molar-refractivity contribution in [3.05, 3.63) is 70.4 Å². The Morgan fingerprint density at radius 3 is 1.89 bits per heavy atom. The summed E-state index contributed by atoms with van der Waals surface area (Å²) in [4.78, 5) is 31.7. The van der Waals surface area contributed by atoms with Gasteiger partial charge in [0.05, 0.1) is 60.3 Å². The summed E-state index contributed by atoms with van der Waals surface area (Å²) < 4.78 is 34.1. The Hall–Kier alpha value is -4.73. The molecule has 0 N–H and O–H groups in total. The van der Waals surface area contributed by atoms with Crippen molar-refractivity contribution in [3.8, 4) is 39.9 Å². The first kappa shape index (κ1) is 26.3. The number of methoxy groups -OCH3 is 6. The van der Waals surface area contributed by atoms with Gasteiger partial charge in [0, 0.05) is 17.1 Å². The Kier molecular flexibility index (Phi) is 7.71. The van der Waals surface area contributed by atoms with Crippen molar-refractivity contribution in [1.82, 2.24) is 9.55 Å². The van der Waals surface area contributed by atoms with Crippen LogP contribution in [-0.2, 0) is 11.3 Å². The van der Waals surface area contributed by atoms with E-state index in [1.54, 1.807) is 48.7 Å². The van der Waals surface area contributed by atoms with Crippen LogP contribution >= 0.6 is 0 Å². The van der Waals surface area contributed by atoms with Gasteiger partial charge in [0.15, 0.2) is 23.0 Å². The molecule has 0 amide bonds. The normalized spacial score (nSPS) is 10.7. The molecule has 2 aromatic heterocycles. The zero-order chi connectivity index (χ0) is 27.4. The van der Waals surface area contributed by atoms with Gasteiger partial charge in [-0.2, -0.15) is 0 Å². The molecule has 2 aromatic carbocycles. The van der Waals surface area contributed by atoms with Crippen molar-refractivity contribution >= 4 is 16.7 Å². The fourth-order valence-corrected chi connectivity index (χ4v) is 4.40. The lowest BCUT2D eigenvalue weighted by Gasteiger charge is -2.21. The van der Waals surface area contributed by atoms with Gasteiger partial charge < -0.3 is 28.4 Å². The van der Waals surface area contributed by atoms with Gasteiger partial charge in [-0.15, -0.1) is 0 Å². The molecule has 4 rings (SSSR count). The summed E-state index contributed by atoms with van der Waals surface area (Å²) in [6, 6.07) is 12.0. The van der Waals surface area contributed by atoms with Crippen LogP contribution in [0.15, 0.2) is 53.5 Å². The lowest BCUT2D eigenvalue weighted by atomic mass is 9.95. The molecule has 0 fully saturated rings. The summed E-state index contributed by atoms with van der Waals surface area (Å²) in [5.74, 6) is 1.15.